The number of halogens is 6. The third kappa shape index (κ3) is 6.07. The van der Waals surface area contributed by atoms with E-state index in [-0.39, 0.29) is 19.0 Å². The zero-order valence-electron chi connectivity index (χ0n) is 21.5. The van der Waals surface area contributed by atoms with E-state index in [1.54, 1.807) is 0 Å². The van der Waals surface area contributed by atoms with Gasteiger partial charge in [0.1, 0.15) is 17.0 Å². The van der Waals surface area contributed by atoms with Gasteiger partial charge in [-0.25, -0.2) is 9.78 Å². The lowest BCUT2D eigenvalue weighted by Crippen LogP contribution is -2.42. The van der Waals surface area contributed by atoms with Crippen LogP contribution in [0.4, 0.5) is 42.6 Å². The number of amides is 1. The normalized spacial score (nSPS) is 22.7. The van der Waals surface area contributed by atoms with Gasteiger partial charge in [-0.1, -0.05) is 12.8 Å². The van der Waals surface area contributed by atoms with E-state index in [0.29, 0.717) is 38.2 Å². The first-order valence-electron chi connectivity index (χ1n) is 12.5. The van der Waals surface area contributed by atoms with Crippen molar-refractivity contribution in [1.82, 2.24) is 15.2 Å². The quantitative estimate of drug-likeness (QED) is 0.394. The van der Waals surface area contributed by atoms with Crippen LogP contribution in [0.1, 0.15) is 77.2 Å². The zero-order valence-corrected chi connectivity index (χ0v) is 21.5. The molecule has 1 saturated heterocycles. The third-order valence-corrected chi connectivity index (χ3v) is 6.62. The van der Waals surface area contributed by atoms with Crippen LogP contribution >= 0.6 is 0 Å². The van der Waals surface area contributed by atoms with E-state index in [4.69, 9.17) is 9.15 Å². The maximum Gasteiger partial charge on any atom is 0.426 e. The van der Waals surface area contributed by atoms with Gasteiger partial charge in [-0.3, -0.25) is 5.32 Å². The molecule has 2 atom stereocenters. The molecule has 0 spiro atoms. The van der Waals surface area contributed by atoms with Gasteiger partial charge < -0.3 is 19.2 Å². The Balaban J connectivity index is 1.93. The fraction of sp³-hybridized carbons (Fsp3) is 0.667. The van der Waals surface area contributed by atoms with E-state index < -0.39 is 70.6 Å². The van der Waals surface area contributed by atoms with Crippen LogP contribution in [0, 0.1) is 0 Å². The van der Waals surface area contributed by atoms with E-state index in [0.717, 1.165) is 0 Å². The van der Waals surface area contributed by atoms with Gasteiger partial charge in [0.25, 0.3) is 11.8 Å². The number of ether oxygens (including phenoxy) is 1. The molecule has 2 N–H and O–H groups in total. The minimum absolute atomic E-state index is 0.0385. The van der Waals surface area contributed by atoms with Gasteiger partial charge >= 0.3 is 18.4 Å². The van der Waals surface area contributed by atoms with Crippen molar-refractivity contribution in [3.63, 3.8) is 0 Å². The smallest absolute Gasteiger partial charge is 0.426 e. The molecule has 1 unspecified atom stereocenters. The molecule has 4 bridgehead atoms. The van der Waals surface area contributed by atoms with Crippen LogP contribution in [-0.2, 0) is 16.5 Å². The van der Waals surface area contributed by atoms with Crippen LogP contribution in [0.2, 0.25) is 0 Å². The van der Waals surface area contributed by atoms with Crippen molar-refractivity contribution in [2.45, 2.75) is 95.3 Å². The van der Waals surface area contributed by atoms with Crippen LogP contribution < -0.4 is 10.2 Å². The summed E-state index contributed by atoms with van der Waals surface area (Å²) >= 11 is 0. The van der Waals surface area contributed by atoms with E-state index >= 15 is 0 Å². The van der Waals surface area contributed by atoms with Crippen LogP contribution in [-0.4, -0.2) is 50.7 Å². The van der Waals surface area contributed by atoms with Crippen molar-refractivity contribution in [2.75, 3.05) is 16.8 Å². The molecule has 1 fully saturated rings. The Morgan fingerprint density at radius 1 is 1.10 bits per heavy atom. The number of carbonyl (C=O) groups is 1. The molecule has 0 saturated carbocycles. The molecule has 15 heteroatoms. The summed E-state index contributed by atoms with van der Waals surface area (Å²) in [6.07, 6.45) is -9.67. The van der Waals surface area contributed by atoms with Gasteiger partial charge in [-0.15, -0.1) is 10.2 Å². The maximum absolute atomic E-state index is 14.3. The average molecular weight is 566 g/mol. The largest absolute Gasteiger partial charge is 0.444 e. The number of fused-ring (bicyclic) bond motifs is 7. The van der Waals surface area contributed by atoms with Crippen LogP contribution in [0.5, 0.6) is 0 Å². The van der Waals surface area contributed by atoms with Crippen LogP contribution in [0.3, 0.4) is 0 Å². The highest BCUT2D eigenvalue weighted by atomic mass is 19.4. The highest BCUT2D eigenvalue weighted by Crippen LogP contribution is 2.46. The molecule has 216 valence electrons. The van der Waals surface area contributed by atoms with Crippen molar-refractivity contribution < 1.29 is 45.4 Å². The minimum atomic E-state index is -5.17. The summed E-state index contributed by atoms with van der Waals surface area (Å²) in [6, 6.07) is 0.293. The zero-order chi connectivity index (χ0) is 28.8. The lowest BCUT2D eigenvalue weighted by Gasteiger charge is -2.30. The molecule has 2 aliphatic rings. The lowest BCUT2D eigenvalue weighted by atomic mass is 9.94. The van der Waals surface area contributed by atoms with E-state index in [1.807, 2.05) is 0 Å². The fourth-order valence-electron chi connectivity index (χ4n) is 4.81. The van der Waals surface area contributed by atoms with Gasteiger partial charge in [0.05, 0.1) is 5.69 Å². The van der Waals surface area contributed by atoms with Gasteiger partial charge in [0, 0.05) is 12.6 Å². The molecule has 2 aliphatic heterocycles. The average Bonchev–Trinajstić information content (AvgIpc) is 3.45. The fourth-order valence-corrected chi connectivity index (χ4v) is 4.81. The minimum Gasteiger partial charge on any atom is -0.444 e. The third-order valence-electron chi connectivity index (χ3n) is 6.62. The molecule has 2 aromatic rings. The van der Waals surface area contributed by atoms with Crippen molar-refractivity contribution in [1.29, 1.82) is 0 Å². The number of pyridine rings is 1. The summed E-state index contributed by atoms with van der Waals surface area (Å²) in [5.41, 5.74) is -6.69. The number of hydrogen-bond donors (Lipinski definition) is 2. The summed E-state index contributed by atoms with van der Waals surface area (Å²) in [5.74, 6) is -2.34. The Morgan fingerprint density at radius 2 is 1.79 bits per heavy atom. The number of aromatic nitrogens is 3. The highest BCUT2D eigenvalue weighted by Gasteiger charge is 2.58. The number of rotatable bonds is 1. The van der Waals surface area contributed by atoms with E-state index in [9.17, 15) is 36.2 Å². The van der Waals surface area contributed by atoms with Crippen LogP contribution in [0.15, 0.2) is 10.5 Å². The molecule has 1 amide bonds. The predicted octanol–water partition coefficient (Wildman–Crippen LogP) is 6.18. The number of hydrogen-bond acceptors (Lipinski definition) is 8. The van der Waals surface area contributed by atoms with Crippen LogP contribution in [0.25, 0.3) is 11.6 Å². The number of nitrogens with one attached hydrogen (secondary N) is 1. The van der Waals surface area contributed by atoms with E-state index in [1.165, 1.54) is 25.7 Å². The molecule has 4 heterocycles. The van der Waals surface area contributed by atoms with Crippen molar-refractivity contribution in [3.05, 3.63) is 17.5 Å². The monoisotopic (exact) mass is 565 g/mol. The number of aliphatic hydroxyl groups is 1. The number of anilines is 2. The van der Waals surface area contributed by atoms with Gasteiger partial charge in [0.2, 0.25) is 5.60 Å². The second-order valence-electron chi connectivity index (χ2n) is 10.7. The SMILES string of the molecule is CC(C)(C)OC(=O)Nc1cc(C(F)(F)F)c2nc1-c1nnc(o1)C(O)(C(F)(F)F)CCCCC[C@@H]1CCCN21. The Labute approximate surface area is 219 Å². The molecule has 0 aromatic carbocycles. The Hall–Kier alpha value is -3.10. The second kappa shape index (κ2) is 10.1. The summed E-state index contributed by atoms with van der Waals surface area (Å²) < 4.78 is 95.1. The Morgan fingerprint density at radius 3 is 2.44 bits per heavy atom. The predicted molar refractivity (Wildman–Crippen MR) is 126 cm³/mol. The van der Waals surface area contributed by atoms with Crippen molar-refractivity contribution >= 4 is 17.6 Å². The summed E-state index contributed by atoms with van der Waals surface area (Å²) in [4.78, 5) is 18.2. The topological polar surface area (TPSA) is 114 Å². The molecule has 9 nitrogen and oxygen atoms in total. The first kappa shape index (κ1) is 28.9. The van der Waals surface area contributed by atoms with E-state index in [2.05, 4.69) is 20.5 Å². The summed E-state index contributed by atoms with van der Waals surface area (Å²) in [7, 11) is 0. The molecule has 2 aromatic heterocycles. The summed E-state index contributed by atoms with van der Waals surface area (Å²) in [5, 5.41) is 19.8. The lowest BCUT2D eigenvalue weighted by molar-refractivity contribution is -0.277. The molecular formula is C24H29F6N5O4. The van der Waals surface area contributed by atoms with Crippen molar-refractivity contribution in [2.24, 2.45) is 0 Å². The molecular weight excluding hydrogens is 536 g/mol. The standard InChI is InChI=1S/C24H29F6N5O4/c1-21(2,3)39-20(36)31-15-12-14(23(25,26)27)17-32-16(15)18-33-34-19(38-18)22(37,24(28,29)30)10-6-4-5-8-13-9-7-11-35(13)17/h12-13,37H,4-11H2,1-3H3,(H,31,36)/t13-,22?/m1/s1. The van der Waals surface area contributed by atoms with Gasteiger partial charge in [-0.05, 0) is 58.9 Å². The van der Waals surface area contributed by atoms with Crippen molar-refractivity contribution in [3.8, 4) is 11.6 Å². The first-order valence-corrected chi connectivity index (χ1v) is 12.5. The molecule has 39 heavy (non-hydrogen) atoms. The second-order valence-corrected chi connectivity index (χ2v) is 10.7. The number of nitrogens with zero attached hydrogens (tertiary/aromatic N) is 4. The summed E-state index contributed by atoms with van der Waals surface area (Å²) in [6.45, 7) is 4.89. The van der Waals surface area contributed by atoms with Gasteiger partial charge in [0.15, 0.2) is 5.69 Å². The number of alkyl halides is 6. The molecule has 4 rings (SSSR count). The Bertz CT molecular complexity index is 1210. The first-order chi connectivity index (χ1) is 18.0. The highest BCUT2D eigenvalue weighted by molar-refractivity contribution is 5.90. The maximum atomic E-state index is 14.3. The van der Waals surface area contributed by atoms with Gasteiger partial charge in [-0.2, -0.15) is 26.3 Å². The Kier molecular flexibility index (Phi) is 7.51. The molecule has 0 radical (unpaired) electrons. The molecule has 0 aliphatic carbocycles. The number of carbonyl (C=O) groups excluding carboxylic acids is 1.